The SMILES string of the molecule is C=CCN(CCC)S(=O)(=O)c1ccc(CNCC)cn1. The van der Waals surface area contributed by atoms with Crippen LogP contribution >= 0.6 is 0 Å². The van der Waals surface area contributed by atoms with E-state index in [1.807, 2.05) is 13.8 Å². The molecule has 0 aliphatic heterocycles. The van der Waals surface area contributed by atoms with Crippen molar-refractivity contribution < 1.29 is 8.42 Å². The van der Waals surface area contributed by atoms with Gasteiger partial charge in [-0.1, -0.05) is 26.0 Å². The van der Waals surface area contributed by atoms with Gasteiger partial charge in [-0.2, -0.15) is 4.31 Å². The molecule has 0 atom stereocenters. The maximum Gasteiger partial charge on any atom is 0.260 e. The largest absolute Gasteiger partial charge is 0.313 e. The van der Waals surface area contributed by atoms with Crippen molar-refractivity contribution in [3.63, 3.8) is 0 Å². The van der Waals surface area contributed by atoms with Gasteiger partial charge < -0.3 is 5.32 Å². The number of nitrogens with zero attached hydrogens (tertiary/aromatic N) is 2. The smallest absolute Gasteiger partial charge is 0.260 e. The average molecular weight is 297 g/mol. The fraction of sp³-hybridized carbons (Fsp3) is 0.500. The Bertz CT molecular complexity index is 512. The molecule has 0 saturated heterocycles. The van der Waals surface area contributed by atoms with Gasteiger partial charge in [-0.05, 0) is 24.6 Å². The highest BCUT2D eigenvalue weighted by Gasteiger charge is 2.23. The Hall–Kier alpha value is -1.24. The lowest BCUT2D eigenvalue weighted by molar-refractivity contribution is 0.439. The van der Waals surface area contributed by atoms with E-state index in [0.717, 1.165) is 18.5 Å². The van der Waals surface area contributed by atoms with Crippen molar-refractivity contribution in [1.82, 2.24) is 14.6 Å². The molecule has 0 radical (unpaired) electrons. The molecule has 1 rings (SSSR count). The van der Waals surface area contributed by atoms with Crippen molar-refractivity contribution >= 4 is 10.0 Å². The molecule has 1 aromatic rings. The molecule has 6 heteroatoms. The molecule has 1 aromatic heterocycles. The molecule has 0 amide bonds. The Labute approximate surface area is 121 Å². The zero-order valence-corrected chi connectivity index (χ0v) is 13.0. The summed E-state index contributed by atoms with van der Waals surface area (Å²) in [4.78, 5) is 4.08. The number of rotatable bonds is 9. The van der Waals surface area contributed by atoms with E-state index < -0.39 is 10.0 Å². The molecule has 1 heterocycles. The fourth-order valence-corrected chi connectivity index (χ4v) is 3.19. The number of sulfonamides is 1. The second-order valence-electron chi connectivity index (χ2n) is 4.44. The van der Waals surface area contributed by atoms with E-state index in [1.165, 1.54) is 4.31 Å². The molecule has 0 bridgehead atoms. The highest BCUT2D eigenvalue weighted by Crippen LogP contribution is 2.14. The molecule has 0 saturated carbocycles. The summed E-state index contributed by atoms with van der Waals surface area (Å²) in [7, 11) is -3.53. The van der Waals surface area contributed by atoms with Gasteiger partial charge in [-0.3, -0.25) is 0 Å². The molecule has 0 aromatic carbocycles. The van der Waals surface area contributed by atoms with Crippen LogP contribution in [0, 0.1) is 0 Å². The van der Waals surface area contributed by atoms with E-state index in [0.29, 0.717) is 19.6 Å². The fourth-order valence-electron chi connectivity index (χ4n) is 1.77. The van der Waals surface area contributed by atoms with Gasteiger partial charge in [0.15, 0.2) is 5.03 Å². The van der Waals surface area contributed by atoms with Crippen LogP contribution < -0.4 is 5.32 Å². The number of nitrogens with one attached hydrogen (secondary N) is 1. The summed E-state index contributed by atoms with van der Waals surface area (Å²) in [5, 5.41) is 3.26. The predicted molar refractivity (Wildman–Crippen MR) is 80.9 cm³/mol. The second kappa shape index (κ2) is 8.14. The van der Waals surface area contributed by atoms with Crippen molar-refractivity contribution in [3.05, 3.63) is 36.5 Å². The monoisotopic (exact) mass is 297 g/mol. The summed E-state index contributed by atoms with van der Waals surface area (Å²) in [6, 6.07) is 3.36. The van der Waals surface area contributed by atoms with Crippen LogP contribution in [-0.2, 0) is 16.6 Å². The van der Waals surface area contributed by atoms with E-state index in [2.05, 4.69) is 16.9 Å². The molecule has 5 nitrogen and oxygen atoms in total. The highest BCUT2D eigenvalue weighted by atomic mass is 32.2. The van der Waals surface area contributed by atoms with Crippen molar-refractivity contribution in [1.29, 1.82) is 0 Å². The van der Waals surface area contributed by atoms with Gasteiger partial charge in [0.25, 0.3) is 10.0 Å². The molecule has 1 N–H and O–H groups in total. The minimum Gasteiger partial charge on any atom is -0.313 e. The lowest BCUT2D eigenvalue weighted by Crippen LogP contribution is -2.32. The Morgan fingerprint density at radius 2 is 2.15 bits per heavy atom. The Morgan fingerprint density at radius 3 is 2.65 bits per heavy atom. The first kappa shape index (κ1) is 16.8. The molecule has 0 aliphatic carbocycles. The first-order valence-electron chi connectivity index (χ1n) is 6.83. The van der Waals surface area contributed by atoms with Gasteiger partial charge in [-0.15, -0.1) is 6.58 Å². The van der Waals surface area contributed by atoms with E-state index in [9.17, 15) is 8.42 Å². The topological polar surface area (TPSA) is 62.3 Å². The van der Waals surface area contributed by atoms with Crippen LogP contribution in [0.4, 0.5) is 0 Å². The minimum atomic E-state index is -3.53. The number of pyridine rings is 1. The lowest BCUT2D eigenvalue weighted by atomic mass is 10.3. The van der Waals surface area contributed by atoms with Crippen LogP contribution in [0.15, 0.2) is 36.0 Å². The quantitative estimate of drug-likeness (QED) is 0.706. The number of hydrogen-bond donors (Lipinski definition) is 1. The van der Waals surface area contributed by atoms with Gasteiger partial charge in [0.2, 0.25) is 0 Å². The predicted octanol–water partition coefficient (Wildman–Crippen LogP) is 1.78. The van der Waals surface area contributed by atoms with Gasteiger partial charge in [0.1, 0.15) is 0 Å². The molecule has 0 spiro atoms. The third kappa shape index (κ3) is 4.40. The zero-order valence-electron chi connectivity index (χ0n) is 12.2. The Balaban J connectivity index is 2.93. The average Bonchev–Trinajstić information content (AvgIpc) is 2.45. The first-order valence-corrected chi connectivity index (χ1v) is 8.27. The van der Waals surface area contributed by atoms with Gasteiger partial charge in [-0.25, -0.2) is 13.4 Å². The molecule has 112 valence electrons. The third-order valence-electron chi connectivity index (χ3n) is 2.79. The van der Waals surface area contributed by atoms with Crippen LogP contribution in [0.2, 0.25) is 0 Å². The summed E-state index contributed by atoms with van der Waals surface area (Å²) in [6.45, 7) is 9.89. The summed E-state index contributed by atoms with van der Waals surface area (Å²) in [6.07, 6.45) is 3.95. The zero-order chi connectivity index (χ0) is 15.0. The van der Waals surface area contributed by atoms with E-state index in [4.69, 9.17) is 0 Å². The van der Waals surface area contributed by atoms with E-state index in [1.54, 1.807) is 24.4 Å². The number of hydrogen-bond acceptors (Lipinski definition) is 4. The highest BCUT2D eigenvalue weighted by molar-refractivity contribution is 7.89. The van der Waals surface area contributed by atoms with Crippen molar-refractivity contribution in [2.45, 2.75) is 31.8 Å². The Morgan fingerprint density at radius 1 is 1.40 bits per heavy atom. The molecule has 0 unspecified atom stereocenters. The van der Waals surface area contributed by atoms with Crippen molar-refractivity contribution in [3.8, 4) is 0 Å². The standard InChI is InChI=1S/C14H23N3O2S/c1-4-9-17(10-5-2)20(18,19)14-8-7-13(12-16-14)11-15-6-3/h4,7-8,12,15H,1,5-6,9-11H2,2-3H3. The van der Waals surface area contributed by atoms with Crippen molar-refractivity contribution in [2.75, 3.05) is 19.6 Å². The summed E-state index contributed by atoms with van der Waals surface area (Å²) >= 11 is 0. The van der Waals surface area contributed by atoms with Crippen LogP contribution in [0.25, 0.3) is 0 Å². The molecule has 20 heavy (non-hydrogen) atoms. The Kier molecular flexibility index (Phi) is 6.84. The van der Waals surface area contributed by atoms with E-state index in [-0.39, 0.29) is 5.03 Å². The normalized spacial score (nSPS) is 11.8. The number of aromatic nitrogens is 1. The van der Waals surface area contributed by atoms with Gasteiger partial charge >= 0.3 is 0 Å². The van der Waals surface area contributed by atoms with Crippen LogP contribution in [0.1, 0.15) is 25.8 Å². The maximum absolute atomic E-state index is 12.4. The van der Waals surface area contributed by atoms with E-state index >= 15 is 0 Å². The van der Waals surface area contributed by atoms with Crippen LogP contribution in [0.5, 0.6) is 0 Å². The minimum absolute atomic E-state index is 0.0908. The third-order valence-corrected chi connectivity index (χ3v) is 4.57. The first-order chi connectivity index (χ1) is 9.56. The van der Waals surface area contributed by atoms with Crippen LogP contribution in [0.3, 0.4) is 0 Å². The molecular formula is C14H23N3O2S. The second-order valence-corrected chi connectivity index (χ2v) is 6.32. The summed E-state index contributed by atoms with van der Waals surface area (Å²) < 4.78 is 26.3. The lowest BCUT2D eigenvalue weighted by Gasteiger charge is -2.19. The molecule has 0 aliphatic rings. The summed E-state index contributed by atoms with van der Waals surface area (Å²) in [5.74, 6) is 0. The molecular weight excluding hydrogens is 274 g/mol. The van der Waals surface area contributed by atoms with Gasteiger partial charge in [0, 0.05) is 25.8 Å². The van der Waals surface area contributed by atoms with Crippen molar-refractivity contribution in [2.24, 2.45) is 0 Å². The maximum atomic E-state index is 12.4. The van der Waals surface area contributed by atoms with Crippen LogP contribution in [-0.4, -0.2) is 37.3 Å². The molecule has 0 fully saturated rings. The summed E-state index contributed by atoms with van der Waals surface area (Å²) in [5.41, 5.74) is 0.969. The van der Waals surface area contributed by atoms with Gasteiger partial charge in [0.05, 0.1) is 0 Å².